The van der Waals surface area contributed by atoms with Gasteiger partial charge in [-0.1, -0.05) is 24.3 Å². The lowest BCUT2D eigenvalue weighted by atomic mass is 9.92. The molecule has 0 saturated carbocycles. The van der Waals surface area contributed by atoms with Crippen LogP contribution in [0.2, 0.25) is 0 Å². The zero-order valence-corrected chi connectivity index (χ0v) is 20.8. The quantitative estimate of drug-likeness (QED) is 0.326. The fourth-order valence-corrected chi connectivity index (χ4v) is 6.38. The van der Waals surface area contributed by atoms with Gasteiger partial charge in [-0.15, -0.1) is 11.8 Å². The minimum atomic E-state index is -4.46. The lowest BCUT2D eigenvalue weighted by molar-refractivity contribution is -0.180. The third-order valence-corrected chi connectivity index (χ3v) is 8.32. The van der Waals surface area contributed by atoms with Crippen LogP contribution in [0.3, 0.4) is 0 Å². The second-order valence-electron chi connectivity index (χ2n) is 9.73. The zero-order chi connectivity index (χ0) is 26.1. The Balaban J connectivity index is 1.39. The molecule has 5 N–H and O–H groups in total. The molecule has 1 fully saturated rings. The molecule has 3 aliphatic rings. The fourth-order valence-electron chi connectivity index (χ4n) is 5.02. The van der Waals surface area contributed by atoms with Crippen LogP contribution < -0.4 is 10.2 Å². The molecule has 2 aliphatic heterocycles. The highest BCUT2D eigenvalue weighted by molar-refractivity contribution is 8.01. The number of hydrogen-bond donors (Lipinski definition) is 5. The maximum absolute atomic E-state index is 13.4. The first-order chi connectivity index (χ1) is 17.0. The Labute approximate surface area is 212 Å². The number of halogens is 3. The highest BCUT2D eigenvalue weighted by atomic mass is 32.2. The van der Waals surface area contributed by atoms with E-state index in [1.807, 2.05) is 36.1 Å². The van der Waals surface area contributed by atoms with Crippen LogP contribution in [0.5, 0.6) is 0 Å². The first kappa shape index (κ1) is 27.4. The van der Waals surface area contributed by atoms with E-state index in [-0.39, 0.29) is 36.4 Å². The molecule has 0 amide bonds. The highest BCUT2D eigenvalue weighted by Gasteiger charge is 2.44. The molecule has 1 aliphatic carbocycles. The SMILES string of the molecule is C[C@@]12C=CC=CC1N(C[C@H](O)CNCCC1C[C@@H](O)[C@H](O)[C@@H](CO)O1)c1cc(C(F)(F)F)ccc1S2. The van der Waals surface area contributed by atoms with Gasteiger partial charge < -0.3 is 35.4 Å². The van der Waals surface area contributed by atoms with Crippen LogP contribution in [-0.4, -0.2) is 88.0 Å². The van der Waals surface area contributed by atoms with Gasteiger partial charge in [0, 0.05) is 24.4 Å². The summed E-state index contributed by atoms with van der Waals surface area (Å²) in [6.45, 7) is 2.45. The van der Waals surface area contributed by atoms with Crippen molar-refractivity contribution in [2.45, 2.75) is 72.1 Å². The van der Waals surface area contributed by atoms with Gasteiger partial charge in [-0.2, -0.15) is 13.2 Å². The number of thioether (sulfide) groups is 1. The molecule has 7 atom stereocenters. The molecule has 200 valence electrons. The topological polar surface area (TPSA) is 105 Å². The number of hydrogen-bond acceptors (Lipinski definition) is 8. The molecule has 1 aromatic carbocycles. The number of β-amino-alcohol motifs (C(OH)–C–C–N with tert-alkyl or cyclic N) is 1. The number of nitrogens with one attached hydrogen (secondary N) is 1. The number of ether oxygens (including phenoxy) is 1. The predicted octanol–water partition coefficient (Wildman–Crippen LogP) is 2.08. The standard InChI is InChI=1S/C25H33F3N2O5S/c1-24-8-3-2-4-22(24)30(18-10-15(25(26,27)28)5-6-21(18)36-24)13-16(32)12-29-9-7-17-11-19(33)23(34)20(14-31)35-17/h2-6,8,10,16-17,19-20,22-23,29,31-34H,7,9,11-14H2,1H3/t16-,17?,19-,20-,22?,23+,24-/m1/s1. The van der Waals surface area contributed by atoms with Gasteiger partial charge >= 0.3 is 6.18 Å². The summed E-state index contributed by atoms with van der Waals surface area (Å²) in [5, 5.41) is 43.0. The van der Waals surface area contributed by atoms with Gasteiger partial charge in [0.05, 0.1) is 47.0 Å². The summed E-state index contributed by atoms with van der Waals surface area (Å²) in [6.07, 6.45) is -0.0762. The van der Waals surface area contributed by atoms with Gasteiger partial charge in [0.2, 0.25) is 0 Å². The fraction of sp³-hybridized carbons (Fsp3) is 0.600. The summed E-state index contributed by atoms with van der Waals surface area (Å²) in [4.78, 5) is 2.58. The Morgan fingerprint density at radius 1 is 1.28 bits per heavy atom. The first-order valence-electron chi connectivity index (χ1n) is 12.1. The summed E-state index contributed by atoms with van der Waals surface area (Å²) in [7, 11) is 0. The summed E-state index contributed by atoms with van der Waals surface area (Å²) >= 11 is 1.52. The van der Waals surface area contributed by atoms with Crippen LogP contribution >= 0.6 is 11.8 Å². The predicted molar refractivity (Wildman–Crippen MR) is 131 cm³/mol. The number of nitrogens with zero attached hydrogens (tertiary/aromatic N) is 1. The highest BCUT2D eigenvalue weighted by Crippen LogP contribution is 2.51. The van der Waals surface area contributed by atoms with Crippen molar-refractivity contribution in [2.24, 2.45) is 0 Å². The maximum Gasteiger partial charge on any atom is 0.416 e. The van der Waals surface area contributed by atoms with Crippen LogP contribution in [-0.2, 0) is 10.9 Å². The normalized spacial score (nSPS) is 32.8. The minimum Gasteiger partial charge on any atom is -0.394 e. The summed E-state index contributed by atoms with van der Waals surface area (Å²) < 4.78 is 45.6. The number of aliphatic hydroxyl groups excluding tert-OH is 4. The zero-order valence-electron chi connectivity index (χ0n) is 19.9. The van der Waals surface area contributed by atoms with Crippen molar-refractivity contribution in [3.63, 3.8) is 0 Å². The van der Waals surface area contributed by atoms with Crippen molar-refractivity contribution in [1.29, 1.82) is 0 Å². The van der Waals surface area contributed by atoms with Crippen molar-refractivity contribution < 1.29 is 38.3 Å². The lowest BCUT2D eigenvalue weighted by Crippen LogP contribution is -2.54. The molecule has 4 rings (SSSR count). The molecule has 11 heteroatoms. The average molecular weight is 531 g/mol. The molecule has 2 heterocycles. The Morgan fingerprint density at radius 3 is 2.78 bits per heavy atom. The lowest BCUT2D eigenvalue weighted by Gasteiger charge is -2.48. The van der Waals surface area contributed by atoms with Crippen LogP contribution in [0.25, 0.3) is 0 Å². The van der Waals surface area contributed by atoms with Crippen molar-refractivity contribution in [2.75, 3.05) is 31.1 Å². The van der Waals surface area contributed by atoms with Gasteiger partial charge in [0.1, 0.15) is 12.2 Å². The second-order valence-corrected chi connectivity index (χ2v) is 11.3. The Morgan fingerprint density at radius 2 is 2.06 bits per heavy atom. The molecule has 1 aromatic rings. The van der Waals surface area contributed by atoms with Crippen LogP contribution in [0.15, 0.2) is 47.4 Å². The van der Waals surface area contributed by atoms with E-state index in [1.54, 1.807) is 0 Å². The molecule has 0 radical (unpaired) electrons. The molecule has 2 unspecified atom stereocenters. The average Bonchev–Trinajstić information content (AvgIpc) is 2.82. The van der Waals surface area contributed by atoms with Crippen molar-refractivity contribution in [3.05, 3.63) is 48.1 Å². The van der Waals surface area contributed by atoms with Crippen molar-refractivity contribution >= 4 is 17.4 Å². The molecule has 1 saturated heterocycles. The maximum atomic E-state index is 13.4. The number of anilines is 1. The Bertz CT molecular complexity index is 978. The van der Waals surface area contributed by atoms with Gasteiger partial charge in [-0.05, 0) is 38.1 Å². The summed E-state index contributed by atoms with van der Waals surface area (Å²) in [5.74, 6) is 0. The Kier molecular flexibility index (Phi) is 8.40. The number of alkyl halides is 3. The van der Waals surface area contributed by atoms with Gasteiger partial charge in [0.25, 0.3) is 0 Å². The third kappa shape index (κ3) is 5.93. The number of benzene rings is 1. The van der Waals surface area contributed by atoms with E-state index in [0.29, 0.717) is 18.7 Å². The minimum absolute atomic E-state index is 0.137. The van der Waals surface area contributed by atoms with Gasteiger partial charge in [-0.3, -0.25) is 0 Å². The largest absolute Gasteiger partial charge is 0.416 e. The second kappa shape index (κ2) is 11.0. The van der Waals surface area contributed by atoms with Gasteiger partial charge in [0.15, 0.2) is 0 Å². The smallest absolute Gasteiger partial charge is 0.394 e. The molecule has 0 spiro atoms. The number of allylic oxidation sites excluding steroid dienone is 2. The number of rotatable bonds is 8. The monoisotopic (exact) mass is 530 g/mol. The van der Waals surface area contributed by atoms with E-state index in [2.05, 4.69) is 5.32 Å². The summed E-state index contributed by atoms with van der Waals surface area (Å²) in [5.41, 5.74) is -0.270. The molecule has 7 nitrogen and oxygen atoms in total. The van der Waals surface area contributed by atoms with E-state index in [4.69, 9.17) is 4.74 Å². The van der Waals surface area contributed by atoms with E-state index in [0.717, 1.165) is 17.0 Å². The molecule has 0 bridgehead atoms. The molecular formula is C25H33F3N2O5S. The molecule has 0 aromatic heterocycles. The van der Waals surface area contributed by atoms with Crippen LogP contribution in [0, 0.1) is 0 Å². The Hall–Kier alpha value is -1.60. The van der Waals surface area contributed by atoms with E-state index in [1.165, 1.54) is 17.8 Å². The van der Waals surface area contributed by atoms with E-state index in [9.17, 15) is 33.6 Å². The third-order valence-electron chi connectivity index (χ3n) is 6.94. The summed E-state index contributed by atoms with van der Waals surface area (Å²) in [6, 6.07) is 3.53. The van der Waals surface area contributed by atoms with E-state index >= 15 is 0 Å². The van der Waals surface area contributed by atoms with E-state index < -0.39 is 42.8 Å². The van der Waals surface area contributed by atoms with Crippen LogP contribution in [0.1, 0.15) is 25.3 Å². The molecular weight excluding hydrogens is 497 g/mol. The van der Waals surface area contributed by atoms with Crippen molar-refractivity contribution in [1.82, 2.24) is 5.32 Å². The van der Waals surface area contributed by atoms with Crippen molar-refractivity contribution in [3.8, 4) is 0 Å². The molecule has 36 heavy (non-hydrogen) atoms. The van der Waals surface area contributed by atoms with Gasteiger partial charge in [-0.25, -0.2) is 0 Å². The number of aliphatic hydroxyl groups is 4. The van der Waals surface area contributed by atoms with Crippen LogP contribution in [0.4, 0.5) is 18.9 Å². The number of fused-ring (bicyclic) bond motifs is 2. The first-order valence-corrected chi connectivity index (χ1v) is 12.9.